The lowest BCUT2D eigenvalue weighted by Gasteiger charge is -2.18. The van der Waals surface area contributed by atoms with Crippen molar-refractivity contribution in [3.05, 3.63) is 109 Å². The Morgan fingerprint density at radius 3 is 0.840 bits per heavy atom. The van der Waals surface area contributed by atoms with Gasteiger partial charge in [0, 0.05) is 19.3 Å². The summed E-state index contributed by atoms with van der Waals surface area (Å²) in [7, 11) is 0. The SMILES string of the molecule is CC/C=C\C/C=C\C/C=C\C/C=C\C/C=C\CCCCCC(=O)OC(COC(=O)CCCCCCCC/C=C\C/C=C\C/C=C\CCCCCCC)COC(=O)CCCCCCCCC/C=C\CCCCCCCC. The highest BCUT2D eigenvalue weighted by molar-refractivity contribution is 5.71. The van der Waals surface area contributed by atoms with Gasteiger partial charge in [0.1, 0.15) is 13.2 Å². The highest BCUT2D eigenvalue weighted by atomic mass is 16.6. The van der Waals surface area contributed by atoms with Crippen LogP contribution < -0.4 is 0 Å². The Morgan fingerprint density at radius 2 is 0.520 bits per heavy atom. The number of allylic oxidation sites excluding steroid dienone is 18. The number of rotatable bonds is 56. The van der Waals surface area contributed by atoms with Crippen molar-refractivity contribution in [1.29, 1.82) is 0 Å². The zero-order valence-electron chi connectivity index (χ0n) is 49.0. The molecule has 0 aromatic rings. The van der Waals surface area contributed by atoms with E-state index in [9.17, 15) is 14.4 Å². The fraction of sp³-hybridized carbons (Fsp3) is 0.696. The molecule has 1 unspecified atom stereocenters. The van der Waals surface area contributed by atoms with Crippen molar-refractivity contribution >= 4 is 17.9 Å². The number of hydrogen-bond donors (Lipinski definition) is 0. The van der Waals surface area contributed by atoms with Crippen molar-refractivity contribution in [1.82, 2.24) is 0 Å². The fourth-order valence-electron chi connectivity index (χ4n) is 8.53. The van der Waals surface area contributed by atoms with Crippen LogP contribution in [0.25, 0.3) is 0 Å². The zero-order valence-corrected chi connectivity index (χ0v) is 49.0. The smallest absolute Gasteiger partial charge is 0.306 e. The summed E-state index contributed by atoms with van der Waals surface area (Å²) in [5, 5.41) is 0. The zero-order chi connectivity index (χ0) is 54.3. The third-order valence-corrected chi connectivity index (χ3v) is 13.2. The maximum atomic E-state index is 12.9. The van der Waals surface area contributed by atoms with E-state index in [0.717, 1.165) is 122 Å². The molecule has 0 aliphatic rings. The van der Waals surface area contributed by atoms with E-state index >= 15 is 0 Å². The third-order valence-electron chi connectivity index (χ3n) is 13.2. The average Bonchev–Trinajstić information content (AvgIpc) is 3.41. The second kappa shape index (κ2) is 62.6. The number of carbonyl (C=O) groups is 3. The van der Waals surface area contributed by atoms with E-state index in [2.05, 4.69) is 130 Å². The monoisotopic (exact) mass is 1040 g/mol. The molecule has 75 heavy (non-hydrogen) atoms. The van der Waals surface area contributed by atoms with Crippen LogP contribution in [0.3, 0.4) is 0 Å². The normalized spacial score (nSPS) is 12.8. The predicted octanol–water partition coefficient (Wildman–Crippen LogP) is 21.4. The van der Waals surface area contributed by atoms with Gasteiger partial charge in [-0.25, -0.2) is 0 Å². The molecule has 0 saturated heterocycles. The van der Waals surface area contributed by atoms with Crippen LogP contribution in [-0.2, 0) is 28.6 Å². The van der Waals surface area contributed by atoms with Gasteiger partial charge in [-0.15, -0.1) is 0 Å². The summed E-state index contributed by atoms with van der Waals surface area (Å²) in [6, 6.07) is 0. The van der Waals surface area contributed by atoms with E-state index in [1.165, 1.54) is 128 Å². The van der Waals surface area contributed by atoms with E-state index < -0.39 is 6.10 Å². The van der Waals surface area contributed by atoms with Gasteiger partial charge in [-0.05, 0) is 128 Å². The van der Waals surface area contributed by atoms with Gasteiger partial charge in [0.15, 0.2) is 6.10 Å². The Bertz CT molecular complexity index is 1520. The summed E-state index contributed by atoms with van der Waals surface area (Å²) in [4.78, 5) is 38.3. The van der Waals surface area contributed by atoms with Gasteiger partial charge in [0.25, 0.3) is 0 Å². The Labute approximate surface area is 463 Å². The average molecular weight is 1040 g/mol. The van der Waals surface area contributed by atoms with Crippen LogP contribution in [0, 0.1) is 0 Å². The van der Waals surface area contributed by atoms with Crippen molar-refractivity contribution < 1.29 is 28.6 Å². The molecule has 0 N–H and O–H groups in total. The van der Waals surface area contributed by atoms with E-state index in [1.807, 2.05) is 0 Å². The fourth-order valence-corrected chi connectivity index (χ4v) is 8.53. The molecule has 0 aromatic carbocycles. The lowest BCUT2D eigenvalue weighted by Crippen LogP contribution is -2.30. The predicted molar refractivity (Wildman–Crippen MR) is 325 cm³/mol. The van der Waals surface area contributed by atoms with Gasteiger partial charge in [0.05, 0.1) is 0 Å². The second-order valence-electron chi connectivity index (χ2n) is 20.6. The van der Waals surface area contributed by atoms with Crippen LogP contribution in [0.4, 0.5) is 0 Å². The van der Waals surface area contributed by atoms with Crippen LogP contribution in [0.2, 0.25) is 0 Å². The van der Waals surface area contributed by atoms with Gasteiger partial charge in [0.2, 0.25) is 0 Å². The summed E-state index contributed by atoms with van der Waals surface area (Å²) in [5.74, 6) is -0.943. The van der Waals surface area contributed by atoms with Crippen molar-refractivity contribution in [2.24, 2.45) is 0 Å². The van der Waals surface area contributed by atoms with Gasteiger partial charge in [-0.1, -0.05) is 252 Å². The molecule has 0 aromatic heterocycles. The maximum absolute atomic E-state index is 12.9. The molecular formula is C69H116O6. The quantitative estimate of drug-likeness (QED) is 0.0261. The van der Waals surface area contributed by atoms with Crippen molar-refractivity contribution in [3.63, 3.8) is 0 Å². The number of hydrogen-bond acceptors (Lipinski definition) is 6. The summed E-state index contributed by atoms with van der Waals surface area (Å²) in [6.07, 6.45) is 85.1. The minimum Gasteiger partial charge on any atom is -0.462 e. The highest BCUT2D eigenvalue weighted by Gasteiger charge is 2.19. The minimum atomic E-state index is -0.806. The topological polar surface area (TPSA) is 78.9 Å². The largest absolute Gasteiger partial charge is 0.462 e. The van der Waals surface area contributed by atoms with E-state index in [-0.39, 0.29) is 37.5 Å². The second-order valence-corrected chi connectivity index (χ2v) is 20.6. The summed E-state index contributed by atoms with van der Waals surface area (Å²) in [6.45, 7) is 6.49. The van der Waals surface area contributed by atoms with Gasteiger partial charge in [-0.3, -0.25) is 14.4 Å². The van der Waals surface area contributed by atoms with Crippen LogP contribution in [0.15, 0.2) is 109 Å². The highest BCUT2D eigenvalue weighted by Crippen LogP contribution is 2.15. The Kier molecular flexibility index (Phi) is 59.3. The Morgan fingerprint density at radius 1 is 0.280 bits per heavy atom. The Hall–Kier alpha value is -3.93. The molecule has 0 radical (unpaired) electrons. The molecule has 0 amide bonds. The molecule has 0 saturated carbocycles. The minimum absolute atomic E-state index is 0.0990. The summed E-state index contributed by atoms with van der Waals surface area (Å²) in [5.41, 5.74) is 0. The standard InChI is InChI=1S/C69H116O6/c1-4-7-10-13-16-19-22-25-28-31-33-34-36-38-41-44-47-50-53-56-59-62-68(71)74-65-66(64-73-67(70)61-58-55-52-49-46-43-40-37-30-27-24-21-18-15-12-9-6-3)75-69(72)63-60-57-54-51-48-45-42-39-35-32-29-26-23-20-17-14-11-8-5-2/h8,11,17,20,22,25-27,29-31,33,35-36,38-39,45,48,66H,4-7,9-10,12-16,18-19,21,23-24,28,32,34,37,40-44,46-47,49-65H2,1-3H3/b11-8-,20-17-,25-22-,29-26-,30-27-,33-31-,38-36-,39-35-,48-45-. The molecule has 1 atom stereocenters. The van der Waals surface area contributed by atoms with Crippen molar-refractivity contribution in [2.75, 3.05) is 13.2 Å². The van der Waals surface area contributed by atoms with Gasteiger partial charge < -0.3 is 14.2 Å². The number of unbranched alkanes of at least 4 members (excludes halogenated alkanes) is 27. The molecule has 0 fully saturated rings. The number of ether oxygens (including phenoxy) is 3. The molecule has 0 rings (SSSR count). The van der Waals surface area contributed by atoms with E-state index in [1.54, 1.807) is 0 Å². The Balaban J connectivity index is 4.48. The maximum Gasteiger partial charge on any atom is 0.306 e. The molecule has 6 nitrogen and oxygen atoms in total. The first-order valence-corrected chi connectivity index (χ1v) is 31.4. The first-order valence-electron chi connectivity index (χ1n) is 31.4. The molecule has 0 heterocycles. The first-order chi connectivity index (χ1) is 37.0. The van der Waals surface area contributed by atoms with Crippen molar-refractivity contribution in [2.45, 2.75) is 297 Å². The van der Waals surface area contributed by atoms with Gasteiger partial charge >= 0.3 is 17.9 Å². The summed E-state index contributed by atoms with van der Waals surface area (Å²) < 4.78 is 16.9. The van der Waals surface area contributed by atoms with Crippen LogP contribution in [0.5, 0.6) is 0 Å². The molecule has 0 spiro atoms. The lowest BCUT2D eigenvalue weighted by molar-refractivity contribution is -0.167. The molecule has 0 bridgehead atoms. The lowest BCUT2D eigenvalue weighted by atomic mass is 10.1. The van der Waals surface area contributed by atoms with E-state index in [4.69, 9.17) is 14.2 Å². The van der Waals surface area contributed by atoms with Crippen LogP contribution in [0.1, 0.15) is 290 Å². The molecule has 0 aliphatic carbocycles. The van der Waals surface area contributed by atoms with E-state index in [0.29, 0.717) is 12.8 Å². The van der Waals surface area contributed by atoms with Crippen molar-refractivity contribution in [3.8, 4) is 0 Å². The summed E-state index contributed by atoms with van der Waals surface area (Å²) >= 11 is 0. The molecule has 0 aliphatic heterocycles. The molecule has 6 heteroatoms. The molecular weight excluding hydrogens is 925 g/mol. The molecule has 428 valence electrons. The van der Waals surface area contributed by atoms with Gasteiger partial charge in [-0.2, -0.15) is 0 Å². The van der Waals surface area contributed by atoms with Crippen LogP contribution >= 0.6 is 0 Å². The third kappa shape index (κ3) is 60.8. The van der Waals surface area contributed by atoms with Crippen LogP contribution in [-0.4, -0.2) is 37.2 Å². The number of esters is 3. The first kappa shape index (κ1) is 71.1. The number of carbonyl (C=O) groups excluding carboxylic acids is 3.